The first-order valence-electron chi connectivity index (χ1n) is 8.25. The third kappa shape index (κ3) is 4.17. The quantitative estimate of drug-likeness (QED) is 0.797. The minimum atomic E-state index is -0.256. The first kappa shape index (κ1) is 18.5. The number of carbonyl (C=O) groups excluding carboxylic acids is 1. The predicted octanol–water partition coefficient (Wildman–Crippen LogP) is 4.18. The lowest BCUT2D eigenvalue weighted by molar-refractivity contribution is -0.115. The minimum Gasteiger partial charge on any atom is -0.325 e. The number of para-hydroxylation sites is 1. The molecule has 5 nitrogen and oxygen atoms in total. The van der Waals surface area contributed by atoms with E-state index in [1.165, 1.54) is 22.9 Å². The zero-order chi connectivity index (χ0) is 17.9. The van der Waals surface area contributed by atoms with Gasteiger partial charge in [-0.15, -0.1) is 10.2 Å². The number of benzene rings is 1. The van der Waals surface area contributed by atoms with Crippen molar-refractivity contribution in [3.8, 4) is 0 Å². The van der Waals surface area contributed by atoms with Crippen LogP contribution < -0.4 is 5.32 Å². The minimum absolute atomic E-state index is 0.0157. The molecule has 0 radical (unpaired) electrons. The highest BCUT2D eigenvalue weighted by Gasteiger charge is 2.21. The zero-order valence-corrected chi connectivity index (χ0v) is 16.0. The Kier molecular flexibility index (Phi) is 6.04. The number of rotatable bonds is 6. The Bertz CT molecular complexity index is 683. The van der Waals surface area contributed by atoms with Crippen LogP contribution in [0.2, 0.25) is 0 Å². The summed E-state index contributed by atoms with van der Waals surface area (Å²) in [4.78, 5) is 12.7. The maximum absolute atomic E-state index is 12.7. The van der Waals surface area contributed by atoms with Crippen LogP contribution in [0, 0.1) is 0 Å². The monoisotopic (exact) mass is 346 g/mol. The van der Waals surface area contributed by atoms with E-state index >= 15 is 0 Å². The van der Waals surface area contributed by atoms with Crippen molar-refractivity contribution >= 4 is 23.4 Å². The lowest BCUT2D eigenvalue weighted by atomic mass is 9.92. The molecule has 2 rings (SSSR count). The van der Waals surface area contributed by atoms with E-state index in [1.807, 2.05) is 18.5 Å². The molecule has 1 aromatic heterocycles. The van der Waals surface area contributed by atoms with Gasteiger partial charge in [0.05, 0.1) is 5.25 Å². The molecule has 0 saturated heterocycles. The van der Waals surface area contributed by atoms with E-state index in [2.05, 4.69) is 61.4 Å². The Morgan fingerprint density at radius 1 is 1.12 bits per heavy atom. The number of amides is 1. The highest BCUT2D eigenvalue weighted by Crippen LogP contribution is 2.33. The van der Waals surface area contributed by atoms with Crippen molar-refractivity contribution in [1.29, 1.82) is 0 Å². The topological polar surface area (TPSA) is 59.8 Å². The van der Waals surface area contributed by atoms with Gasteiger partial charge in [0.1, 0.15) is 6.33 Å². The van der Waals surface area contributed by atoms with Crippen molar-refractivity contribution < 1.29 is 4.79 Å². The molecule has 6 heteroatoms. The van der Waals surface area contributed by atoms with Gasteiger partial charge in [0.15, 0.2) is 5.16 Å². The third-order valence-electron chi connectivity index (χ3n) is 3.94. The molecule has 1 N–H and O–H groups in total. The molecular formula is C18H26N4OS. The molecule has 0 aliphatic heterocycles. The highest BCUT2D eigenvalue weighted by molar-refractivity contribution is 8.00. The molecule has 0 bridgehead atoms. The van der Waals surface area contributed by atoms with Crippen LogP contribution in [0.25, 0.3) is 0 Å². The van der Waals surface area contributed by atoms with Crippen LogP contribution in [0.15, 0.2) is 29.7 Å². The van der Waals surface area contributed by atoms with Gasteiger partial charge in [0, 0.05) is 12.7 Å². The van der Waals surface area contributed by atoms with E-state index in [0.29, 0.717) is 11.8 Å². The van der Waals surface area contributed by atoms with Gasteiger partial charge in [-0.2, -0.15) is 0 Å². The van der Waals surface area contributed by atoms with E-state index in [4.69, 9.17) is 0 Å². The standard InChI is InChI=1S/C18H26N4OS/c1-11(2)14-8-7-9-15(12(3)4)16(14)20-17(23)13(5)24-18-21-19-10-22(18)6/h7-13H,1-6H3,(H,20,23). The average molecular weight is 347 g/mol. The molecule has 1 heterocycles. The Morgan fingerprint density at radius 3 is 2.17 bits per heavy atom. The summed E-state index contributed by atoms with van der Waals surface area (Å²) in [5, 5.41) is 11.5. The number of hydrogen-bond acceptors (Lipinski definition) is 4. The molecule has 0 spiro atoms. The van der Waals surface area contributed by atoms with Crippen molar-refractivity contribution in [2.45, 2.75) is 56.9 Å². The first-order chi connectivity index (χ1) is 11.3. The number of thioether (sulfide) groups is 1. The largest absolute Gasteiger partial charge is 0.325 e. The van der Waals surface area contributed by atoms with E-state index in [1.54, 1.807) is 6.33 Å². The molecule has 2 aromatic rings. The van der Waals surface area contributed by atoms with Gasteiger partial charge in [-0.25, -0.2) is 0 Å². The Labute approximate surface area is 148 Å². The van der Waals surface area contributed by atoms with Crippen LogP contribution in [-0.4, -0.2) is 25.9 Å². The number of hydrogen-bond donors (Lipinski definition) is 1. The summed E-state index contributed by atoms with van der Waals surface area (Å²) in [6.07, 6.45) is 1.64. The predicted molar refractivity (Wildman–Crippen MR) is 99.6 cm³/mol. The molecule has 1 aromatic carbocycles. The number of carbonyl (C=O) groups is 1. The van der Waals surface area contributed by atoms with E-state index in [9.17, 15) is 4.79 Å². The van der Waals surface area contributed by atoms with Crippen LogP contribution in [0.1, 0.15) is 57.6 Å². The lowest BCUT2D eigenvalue weighted by Crippen LogP contribution is -2.24. The lowest BCUT2D eigenvalue weighted by Gasteiger charge is -2.21. The summed E-state index contributed by atoms with van der Waals surface area (Å²) < 4.78 is 1.82. The summed E-state index contributed by atoms with van der Waals surface area (Å²) in [6, 6.07) is 6.25. The Morgan fingerprint density at radius 2 is 1.71 bits per heavy atom. The van der Waals surface area contributed by atoms with Crippen LogP contribution in [0.5, 0.6) is 0 Å². The fraction of sp³-hybridized carbons (Fsp3) is 0.500. The molecule has 0 saturated carbocycles. The molecule has 0 fully saturated rings. The van der Waals surface area contributed by atoms with Crippen LogP contribution >= 0.6 is 11.8 Å². The summed E-state index contributed by atoms with van der Waals surface area (Å²) >= 11 is 1.41. The summed E-state index contributed by atoms with van der Waals surface area (Å²) in [6.45, 7) is 10.5. The van der Waals surface area contributed by atoms with Crippen molar-refractivity contribution in [3.05, 3.63) is 35.7 Å². The molecule has 130 valence electrons. The second-order valence-corrected chi connectivity index (χ2v) is 7.90. The molecular weight excluding hydrogens is 320 g/mol. The van der Waals surface area contributed by atoms with Gasteiger partial charge in [-0.3, -0.25) is 4.79 Å². The number of nitrogens with one attached hydrogen (secondary N) is 1. The zero-order valence-electron chi connectivity index (χ0n) is 15.2. The van der Waals surface area contributed by atoms with Gasteiger partial charge in [-0.05, 0) is 29.9 Å². The van der Waals surface area contributed by atoms with E-state index < -0.39 is 0 Å². The second-order valence-electron chi connectivity index (χ2n) is 6.59. The molecule has 0 aliphatic carbocycles. The number of anilines is 1. The van der Waals surface area contributed by atoms with Gasteiger partial charge in [0.25, 0.3) is 0 Å². The van der Waals surface area contributed by atoms with Crippen molar-refractivity contribution in [3.63, 3.8) is 0 Å². The Balaban J connectivity index is 2.23. The van der Waals surface area contributed by atoms with E-state index in [0.717, 1.165) is 10.8 Å². The smallest absolute Gasteiger partial charge is 0.237 e. The fourth-order valence-electron chi connectivity index (χ4n) is 2.51. The third-order valence-corrected chi connectivity index (χ3v) is 5.09. The normalized spacial score (nSPS) is 12.7. The molecule has 0 aliphatic rings. The molecule has 1 atom stereocenters. The van der Waals surface area contributed by atoms with Crippen LogP contribution in [0.4, 0.5) is 5.69 Å². The molecule has 24 heavy (non-hydrogen) atoms. The van der Waals surface area contributed by atoms with Gasteiger partial charge in [-0.1, -0.05) is 57.7 Å². The fourth-order valence-corrected chi connectivity index (χ4v) is 3.30. The average Bonchev–Trinajstić information content (AvgIpc) is 2.92. The van der Waals surface area contributed by atoms with Crippen molar-refractivity contribution in [2.24, 2.45) is 7.05 Å². The van der Waals surface area contributed by atoms with Crippen molar-refractivity contribution in [2.75, 3.05) is 5.32 Å². The number of nitrogens with zero attached hydrogens (tertiary/aromatic N) is 3. The number of aromatic nitrogens is 3. The maximum Gasteiger partial charge on any atom is 0.237 e. The molecule has 1 amide bonds. The van der Waals surface area contributed by atoms with Crippen molar-refractivity contribution in [1.82, 2.24) is 14.8 Å². The van der Waals surface area contributed by atoms with E-state index in [-0.39, 0.29) is 11.2 Å². The summed E-state index contributed by atoms with van der Waals surface area (Å²) in [7, 11) is 1.87. The summed E-state index contributed by atoms with van der Waals surface area (Å²) in [5.41, 5.74) is 3.30. The first-order valence-corrected chi connectivity index (χ1v) is 9.13. The highest BCUT2D eigenvalue weighted by atomic mass is 32.2. The number of aryl methyl sites for hydroxylation is 1. The van der Waals surface area contributed by atoms with Crippen LogP contribution in [0.3, 0.4) is 0 Å². The van der Waals surface area contributed by atoms with Gasteiger partial charge < -0.3 is 9.88 Å². The Hall–Kier alpha value is -1.82. The maximum atomic E-state index is 12.7. The van der Waals surface area contributed by atoms with Gasteiger partial charge >= 0.3 is 0 Å². The second kappa shape index (κ2) is 7.83. The van der Waals surface area contributed by atoms with Crippen LogP contribution in [-0.2, 0) is 11.8 Å². The molecule has 1 unspecified atom stereocenters. The van der Waals surface area contributed by atoms with Gasteiger partial charge in [0.2, 0.25) is 5.91 Å². The summed E-state index contributed by atoms with van der Waals surface area (Å²) in [5.74, 6) is 0.680. The SMILES string of the molecule is CC(Sc1nncn1C)C(=O)Nc1c(C(C)C)cccc1C(C)C.